The zero-order chi connectivity index (χ0) is 23.8. The summed E-state index contributed by atoms with van der Waals surface area (Å²) < 4.78 is 12.7. The first kappa shape index (κ1) is 23.9. The molecule has 0 saturated carbocycles. The van der Waals surface area contributed by atoms with E-state index in [4.69, 9.17) is 20.4 Å². The van der Waals surface area contributed by atoms with Gasteiger partial charge in [0.15, 0.2) is 0 Å². The molecule has 33 heavy (non-hydrogen) atoms. The number of methoxy groups -OCH3 is 1. The van der Waals surface area contributed by atoms with Crippen molar-refractivity contribution in [1.29, 1.82) is 0 Å². The molecule has 0 radical (unpaired) electrons. The Labute approximate surface area is 192 Å². The third-order valence-electron chi connectivity index (χ3n) is 5.25. The lowest BCUT2D eigenvalue weighted by Gasteiger charge is -2.12. The molecule has 0 unspecified atom stereocenters. The summed E-state index contributed by atoms with van der Waals surface area (Å²) in [5.74, 6) is 3.10. The average Bonchev–Trinajstić information content (AvgIpc) is 3.22. The molecule has 0 aliphatic rings. The lowest BCUT2D eigenvalue weighted by molar-refractivity contribution is 0.0602. The molecule has 0 aliphatic carbocycles. The lowest BCUT2D eigenvalue weighted by atomic mass is 9.99. The number of imidazole rings is 1. The van der Waals surface area contributed by atoms with E-state index >= 15 is 0 Å². The van der Waals surface area contributed by atoms with E-state index in [-0.39, 0.29) is 0 Å². The number of fused-ring (bicyclic) bond motifs is 1. The van der Waals surface area contributed by atoms with Crippen molar-refractivity contribution in [1.82, 2.24) is 9.55 Å². The second kappa shape index (κ2) is 11.2. The molecule has 3 aromatic carbocycles. The summed E-state index contributed by atoms with van der Waals surface area (Å²) in [6.45, 7) is 3.39. The number of nitrogens with zero attached hydrogens (tertiary/aromatic N) is 2. The zero-order valence-corrected chi connectivity index (χ0v) is 18.7. The van der Waals surface area contributed by atoms with E-state index in [1.165, 1.54) is 7.11 Å². The predicted octanol–water partition coefficient (Wildman–Crippen LogP) is 3.73. The van der Waals surface area contributed by atoms with Gasteiger partial charge in [0.05, 0.1) is 36.9 Å². The second-order valence-electron chi connectivity index (χ2n) is 7.14. The van der Waals surface area contributed by atoms with Gasteiger partial charge in [-0.05, 0) is 41.3 Å². The number of rotatable bonds is 7. The van der Waals surface area contributed by atoms with Crippen LogP contribution in [0, 0.1) is 0 Å². The SMILES string of the molecule is CCOc1nc2cccc(C(=O)OC)c2n1Cc1ccc(-c2ccccc2CN)cc1.NO. The molecular formula is C25H28N4O4. The predicted molar refractivity (Wildman–Crippen MR) is 127 cm³/mol. The summed E-state index contributed by atoms with van der Waals surface area (Å²) in [6, 6.07) is 22.4. The van der Waals surface area contributed by atoms with E-state index in [0.717, 1.165) is 22.3 Å². The fourth-order valence-corrected chi connectivity index (χ4v) is 3.78. The van der Waals surface area contributed by atoms with Crippen LogP contribution in [0.4, 0.5) is 0 Å². The van der Waals surface area contributed by atoms with Crippen LogP contribution in [-0.4, -0.2) is 34.4 Å². The second-order valence-corrected chi connectivity index (χ2v) is 7.14. The maximum atomic E-state index is 12.3. The van der Waals surface area contributed by atoms with Gasteiger partial charge in [0.1, 0.15) is 0 Å². The molecular weight excluding hydrogens is 420 g/mol. The van der Waals surface area contributed by atoms with Gasteiger partial charge in [-0.25, -0.2) is 10.7 Å². The Balaban J connectivity index is 0.00000149. The van der Waals surface area contributed by atoms with Gasteiger partial charge in [0, 0.05) is 6.54 Å². The number of benzene rings is 3. The topological polar surface area (TPSA) is 126 Å². The van der Waals surface area contributed by atoms with Crippen molar-refractivity contribution in [2.75, 3.05) is 13.7 Å². The Hall–Kier alpha value is -3.72. The number of ether oxygens (including phenoxy) is 2. The largest absolute Gasteiger partial charge is 0.465 e. The standard InChI is InChI=1S/C25H25N3O3.H3NO/c1-3-31-25-27-22-10-6-9-21(24(29)30-2)23(22)28(25)16-17-11-13-18(14-12-17)20-8-5-4-7-19(20)15-26;1-2/h4-14H,3,15-16,26H2,1-2H3;2H,1H2. The first-order valence-electron chi connectivity index (χ1n) is 10.5. The molecule has 0 bridgehead atoms. The molecule has 0 amide bonds. The Kier molecular flexibility index (Phi) is 8.15. The fraction of sp³-hybridized carbons (Fsp3) is 0.200. The minimum Gasteiger partial charge on any atom is -0.465 e. The Bertz CT molecular complexity index is 1220. The average molecular weight is 449 g/mol. The van der Waals surface area contributed by atoms with E-state index in [1.54, 1.807) is 12.1 Å². The molecule has 0 spiro atoms. The molecule has 1 heterocycles. The van der Waals surface area contributed by atoms with E-state index < -0.39 is 5.97 Å². The van der Waals surface area contributed by atoms with Gasteiger partial charge >= 0.3 is 5.97 Å². The van der Waals surface area contributed by atoms with Crippen LogP contribution in [0.1, 0.15) is 28.4 Å². The number of hydrogen-bond acceptors (Lipinski definition) is 7. The molecule has 4 rings (SSSR count). The van der Waals surface area contributed by atoms with Crippen molar-refractivity contribution in [2.24, 2.45) is 11.6 Å². The molecule has 1 aromatic heterocycles. The summed E-state index contributed by atoms with van der Waals surface area (Å²) in [6.07, 6.45) is 0. The van der Waals surface area contributed by atoms with E-state index in [0.29, 0.717) is 42.3 Å². The zero-order valence-electron chi connectivity index (χ0n) is 18.7. The highest BCUT2D eigenvalue weighted by molar-refractivity contribution is 6.02. The van der Waals surface area contributed by atoms with Crippen molar-refractivity contribution in [2.45, 2.75) is 20.0 Å². The fourth-order valence-electron chi connectivity index (χ4n) is 3.78. The van der Waals surface area contributed by atoms with Crippen LogP contribution in [0.25, 0.3) is 22.2 Å². The van der Waals surface area contributed by atoms with E-state index in [2.05, 4.69) is 41.2 Å². The van der Waals surface area contributed by atoms with E-state index in [1.807, 2.05) is 35.8 Å². The molecule has 172 valence electrons. The first-order valence-corrected chi connectivity index (χ1v) is 10.5. The summed E-state index contributed by atoms with van der Waals surface area (Å²) in [5.41, 5.74) is 12.2. The quantitative estimate of drug-likeness (QED) is 0.290. The van der Waals surface area contributed by atoms with Crippen LogP contribution in [0.3, 0.4) is 0 Å². The molecule has 0 atom stereocenters. The van der Waals surface area contributed by atoms with Gasteiger partial charge in [-0.2, -0.15) is 4.98 Å². The van der Waals surface area contributed by atoms with Crippen molar-refractivity contribution in [3.05, 3.63) is 83.4 Å². The van der Waals surface area contributed by atoms with Gasteiger partial charge < -0.3 is 20.4 Å². The molecule has 4 aromatic rings. The van der Waals surface area contributed by atoms with Crippen molar-refractivity contribution in [3.8, 4) is 17.1 Å². The maximum absolute atomic E-state index is 12.3. The Morgan fingerprint density at radius 2 is 1.76 bits per heavy atom. The van der Waals surface area contributed by atoms with Gasteiger partial charge in [-0.1, -0.05) is 54.6 Å². The van der Waals surface area contributed by atoms with E-state index in [9.17, 15) is 4.79 Å². The summed E-state index contributed by atoms with van der Waals surface area (Å²) >= 11 is 0. The molecule has 0 fully saturated rings. The highest BCUT2D eigenvalue weighted by Crippen LogP contribution is 2.28. The minimum absolute atomic E-state index is 0.400. The summed E-state index contributed by atoms with van der Waals surface area (Å²) in [5, 5.41) is 6.50. The highest BCUT2D eigenvalue weighted by Gasteiger charge is 2.19. The Morgan fingerprint density at radius 1 is 1.03 bits per heavy atom. The van der Waals surface area contributed by atoms with Gasteiger partial charge in [0.25, 0.3) is 6.01 Å². The number of carbonyl (C=O) groups excluding carboxylic acids is 1. The van der Waals surface area contributed by atoms with Gasteiger partial charge in [-0.3, -0.25) is 4.57 Å². The monoisotopic (exact) mass is 448 g/mol. The van der Waals surface area contributed by atoms with Crippen molar-refractivity contribution < 1.29 is 19.5 Å². The van der Waals surface area contributed by atoms with Gasteiger partial charge in [0.2, 0.25) is 0 Å². The summed E-state index contributed by atoms with van der Waals surface area (Å²) in [4.78, 5) is 16.9. The van der Waals surface area contributed by atoms with Crippen molar-refractivity contribution >= 4 is 17.0 Å². The minimum atomic E-state index is -0.400. The number of esters is 1. The maximum Gasteiger partial charge on any atom is 0.340 e. The smallest absolute Gasteiger partial charge is 0.340 e. The van der Waals surface area contributed by atoms with Crippen LogP contribution in [-0.2, 0) is 17.8 Å². The first-order chi connectivity index (χ1) is 16.2. The van der Waals surface area contributed by atoms with Crippen LogP contribution < -0.4 is 16.4 Å². The van der Waals surface area contributed by atoms with Crippen LogP contribution in [0.5, 0.6) is 6.01 Å². The van der Waals surface area contributed by atoms with Crippen LogP contribution >= 0.6 is 0 Å². The number of carbonyl (C=O) groups is 1. The normalized spacial score (nSPS) is 10.5. The van der Waals surface area contributed by atoms with Crippen LogP contribution in [0.15, 0.2) is 66.7 Å². The molecule has 8 nitrogen and oxygen atoms in total. The third-order valence-corrected chi connectivity index (χ3v) is 5.25. The van der Waals surface area contributed by atoms with Gasteiger partial charge in [-0.15, -0.1) is 0 Å². The molecule has 0 saturated heterocycles. The Morgan fingerprint density at radius 3 is 2.42 bits per heavy atom. The molecule has 0 aliphatic heterocycles. The number of aromatic nitrogens is 2. The third kappa shape index (κ3) is 5.04. The van der Waals surface area contributed by atoms with Crippen LogP contribution in [0.2, 0.25) is 0 Å². The number of para-hydroxylation sites is 1. The summed E-state index contributed by atoms with van der Waals surface area (Å²) in [7, 11) is 1.38. The van der Waals surface area contributed by atoms with Crippen molar-refractivity contribution in [3.63, 3.8) is 0 Å². The number of nitrogens with two attached hydrogens (primary N) is 2. The lowest BCUT2D eigenvalue weighted by Crippen LogP contribution is -2.09. The highest BCUT2D eigenvalue weighted by atomic mass is 16.5. The number of hydrogen-bond donors (Lipinski definition) is 3. The molecule has 8 heteroatoms. The molecule has 5 N–H and O–H groups in total.